The van der Waals surface area contributed by atoms with Crippen molar-refractivity contribution in [3.8, 4) is 0 Å². The second kappa shape index (κ2) is 7.05. The molecule has 0 bridgehead atoms. The van der Waals surface area contributed by atoms with Gasteiger partial charge in [0.2, 0.25) is 5.91 Å². The fraction of sp³-hybridized carbons (Fsp3) is 0.211. The van der Waals surface area contributed by atoms with E-state index in [0.29, 0.717) is 16.4 Å². The average Bonchev–Trinajstić information content (AvgIpc) is 3.18. The van der Waals surface area contributed by atoms with Crippen molar-refractivity contribution in [3.05, 3.63) is 59.1 Å². The highest BCUT2D eigenvalue weighted by Gasteiger charge is 2.55. The van der Waals surface area contributed by atoms with Crippen LogP contribution in [0.25, 0.3) is 0 Å². The maximum Gasteiger partial charge on any atom is 0.263 e. The van der Waals surface area contributed by atoms with Crippen LogP contribution in [-0.4, -0.2) is 41.4 Å². The first kappa shape index (κ1) is 18.1. The predicted octanol–water partition coefficient (Wildman–Crippen LogP) is 2.58. The fourth-order valence-electron chi connectivity index (χ4n) is 3.24. The largest absolute Gasteiger partial charge is 0.323 e. The van der Waals surface area contributed by atoms with Gasteiger partial charge in [-0.25, -0.2) is 4.90 Å². The van der Waals surface area contributed by atoms with E-state index in [1.807, 2.05) is 13.0 Å². The van der Waals surface area contributed by atoms with E-state index in [0.717, 1.165) is 10.5 Å². The smallest absolute Gasteiger partial charge is 0.263 e. The lowest BCUT2D eigenvalue weighted by atomic mass is 10.1. The van der Waals surface area contributed by atoms with Crippen LogP contribution in [-0.2, 0) is 14.4 Å². The molecule has 28 heavy (non-hydrogen) atoms. The molecule has 2 aliphatic rings. The maximum absolute atomic E-state index is 12.8. The number of hydrogen-bond acceptors (Lipinski definition) is 6. The summed E-state index contributed by atoms with van der Waals surface area (Å²) in [6, 6.07) is 12.0. The summed E-state index contributed by atoms with van der Waals surface area (Å²) >= 11 is 6.13. The average molecular weight is 398 g/mol. The number of fused-ring (bicyclic) bond motifs is 1. The van der Waals surface area contributed by atoms with Gasteiger partial charge in [-0.3, -0.25) is 19.4 Å². The lowest BCUT2D eigenvalue weighted by molar-refractivity contribution is -0.123. The zero-order chi connectivity index (χ0) is 19.8. The van der Waals surface area contributed by atoms with Gasteiger partial charge in [0.1, 0.15) is 6.54 Å². The minimum atomic E-state index is -0.941. The van der Waals surface area contributed by atoms with E-state index in [-0.39, 0.29) is 6.54 Å². The Balaban J connectivity index is 1.48. The number of rotatable bonds is 4. The predicted molar refractivity (Wildman–Crippen MR) is 103 cm³/mol. The summed E-state index contributed by atoms with van der Waals surface area (Å²) in [6.07, 6.45) is 0. The molecule has 0 saturated carbocycles. The summed E-state index contributed by atoms with van der Waals surface area (Å²) in [5, 5.41) is 12.1. The van der Waals surface area contributed by atoms with E-state index in [4.69, 9.17) is 11.6 Å². The number of anilines is 2. The number of nitrogens with one attached hydrogen (secondary N) is 1. The summed E-state index contributed by atoms with van der Waals surface area (Å²) < 4.78 is 0. The summed E-state index contributed by atoms with van der Waals surface area (Å²) in [5.41, 5.74) is 1.90. The SMILES string of the molecule is Cc1ccc(NC(=O)CN2N=N[C@H]3C(=O)N(c4ccccc4)C(=O)[C@H]32)c(Cl)c1. The van der Waals surface area contributed by atoms with Crippen molar-refractivity contribution in [1.82, 2.24) is 5.01 Å². The van der Waals surface area contributed by atoms with E-state index in [1.165, 1.54) is 5.01 Å². The van der Waals surface area contributed by atoms with Crippen molar-refractivity contribution in [2.24, 2.45) is 10.3 Å². The van der Waals surface area contributed by atoms with Crippen LogP contribution in [0.3, 0.4) is 0 Å². The first-order chi connectivity index (χ1) is 13.5. The Labute approximate surface area is 165 Å². The van der Waals surface area contributed by atoms with Crippen LogP contribution in [0.4, 0.5) is 11.4 Å². The van der Waals surface area contributed by atoms with Crippen molar-refractivity contribution in [2.45, 2.75) is 19.0 Å². The zero-order valence-corrected chi connectivity index (χ0v) is 15.6. The molecule has 0 aromatic heterocycles. The molecule has 2 atom stereocenters. The topological polar surface area (TPSA) is 94.4 Å². The number of amides is 3. The van der Waals surface area contributed by atoms with E-state index in [2.05, 4.69) is 15.7 Å². The third-order valence-corrected chi connectivity index (χ3v) is 4.89. The lowest BCUT2D eigenvalue weighted by Crippen LogP contribution is -2.43. The first-order valence-electron chi connectivity index (χ1n) is 8.62. The fourth-order valence-corrected chi connectivity index (χ4v) is 3.53. The minimum absolute atomic E-state index is 0.226. The molecule has 2 heterocycles. The summed E-state index contributed by atoms with van der Waals surface area (Å²) in [6.45, 7) is 1.67. The Morgan fingerprint density at radius 3 is 2.61 bits per heavy atom. The van der Waals surface area contributed by atoms with Gasteiger partial charge in [0, 0.05) is 0 Å². The molecule has 1 saturated heterocycles. The van der Waals surface area contributed by atoms with Gasteiger partial charge in [-0.05, 0) is 36.8 Å². The van der Waals surface area contributed by atoms with E-state index >= 15 is 0 Å². The lowest BCUT2D eigenvalue weighted by Gasteiger charge is -2.20. The van der Waals surface area contributed by atoms with Crippen LogP contribution in [0.5, 0.6) is 0 Å². The van der Waals surface area contributed by atoms with Gasteiger partial charge in [0.15, 0.2) is 12.1 Å². The number of hydrogen-bond donors (Lipinski definition) is 1. The van der Waals surface area contributed by atoms with Gasteiger partial charge in [0.05, 0.1) is 16.4 Å². The third-order valence-electron chi connectivity index (χ3n) is 4.58. The van der Waals surface area contributed by atoms with Gasteiger partial charge in [-0.1, -0.05) is 41.1 Å². The Morgan fingerprint density at radius 2 is 1.89 bits per heavy atom. The Kier molecular flexibility index (Phi) is 4.56. The Hall–Kier alpha value is -3.26. The molecule has 3 amide bonds. The molecule has 1 N–H and O–H groups in total. The quantitative estimate of drug-likeness (QED) is 0.802. The second-order valence-corrected chi connectivity index (χ2v) is 6.98. The zero-order valence-electron chi connectivity index (χ0n) is 14.9. The Morgan fingerprint density at radius 1 is 1.14 bits per heavy atom. The number of halogens is 1. The highest BCUT2D eigenvalue weighted by atomic mass is 35.5. The van der Waals surface area contributed by atoms with Crippen LogP contribution in [0, 0.1) is 6.92 Å². The van der Waals surface area contributed by atoms with Crippen molar-refractivity contribution >= 4 is 40.7 Å². The molecule has 0 radical (unpaired) electrons. The highest BCUT2D eigenvalue weighted by molar-refractivity contribution is 6.33. The monoisotopic (exact) mass is 397 g/mol. The van der Waals surface area contributed by atoms with Crippen molar-refractivity contribution in [3.63, 3.8) is 0 Å². The second-order valence-electron chi connectivity index (χ2n) is 6.57. The van der Waals surface area contributed by atoms with Crippen LogP contribution < -0.4 is 10.2 Å². The molecule has 4 rings (SSSR count). The maximum atomic E-state index is 12.8. The van der Waals surface area contributed by atoms with Gasteiger partial charge in [-0.15, -0.1) is 0 Å². The van der Waals surface area contributed by atoms with E-state index in [1.54, 1.807) is 42.5 Å². The molecular weight excluding hydrogens is 382 g/mol. The number of imide groups is 1. The first-order valence-corrected chi connectivity index (χ1v) is 9.00. The van der Waals surface area contributed by atoms with Gasteiger partial charge < -0.3 is 5.32 Å². The molecule has 2 aliphatic heterocycles. The van der Waals surface area contributed by atoms with E-state index < -0.39 is 29.8 Å². The van der Waals surface area contributed by atoms with E-state index in [9.17, 15) is 14.4 Å². The minimum Gasteiger partial charge on any atom is -0.323 e. The molecule has 8 nitrogen and oxygen atoms in total. The number of carbonyl (C=O) groups is 3. The van der Waals surface area contributed by atoms with Crippen LogP contribution in [0.1, 0.15) is 5.56 Å². The molecule has 0 unspecified atom stereocenters. The normalized spacial score (nSPS) is 20.6. The number of carbonyl (C=O) groups excluding carboxylic acids is 3. The summed E-state index contributed by atoms with van der Waals surface area (Å²) in [5.74, 6) is -1.31. The van der Waals surface area contributed by atoms with Gasteiger partial charge in [0.25, 0.3) is 11.8 Å². The van der Waals surface area contributed by atoms with Crippen LogP contribution >= 0.6 is 11.6 Å². The molecule has 1 fully saturated rings. The summed E-state index contributed by atoms with van der Waals surface area (Å²) in [4.78, 5) is 38.9. The Bertz CT molecular complexity index is 994. The number of nitrogens with zero attached hydrogens (tertiary/aromatic N) is 4. The van der Waals surface area contributed by atoms with Crippen LogP contribution in [0.15, 0.2) is 58.9 Å². The van der Waals surface area contributed by atoms with Gasteiger partial charge in [-0.2, -0.15) is 5.11 Å². The molecule has 2 aromatic rings. The number of aryl methyl sites for hydroxylation is 1. The standard InChI is InChI=1S/C19H16ClN5O3/c1-11-7-8-14(13(20)9-11)21-15(26)10-24-17-16(22-23-24)18(27)25(19(17)28)12-5-3-2-4-6-12/h2-9,16-17H,10H2,1H3,(H,21,26)/t16-,17+/m1/s1. The molecular formula is C19H16ClN5O3. The third kappa shape index (κ3) is 3.11. The van der Waals surface area contributed by atoms with Crippen molar-refractivity contribution in [2.75, 3.05) is 16.8 Å². The molecule has 0 aliphatic carbocycles. The molecule has 2 aromatic carbocycles. The number of benzene rings is 2. The molecule has 0 spiro atoms. The van der Waals surface area contributed by atoms with Crippen LogP contribution in [0.2, 0.25) is 5.02 Å². The highest BCUT2D eigenvalue weighted by Crippen LogP contribution is 2.31. The molecule has 9 heteroatoms. The van der Waals surface area contributed by atoms with Crippen molar-refractivity contribution < 1.29 is 14.4 Å². The summed E-state index contributed by atoms with van der Waals surface area (Å²) in [7, 11) is 0. The number of para-hydroxylation sites is 1. The molecule has 142 valence electrons. The van der Waals surface area contributed by atoms with Crippen molar-refractivity contribution in [1.29, 1.82) is 0 Å². The van der Waals surface area contributed by atoms with Gasteiger partial charge >= 0.3 is 0 Å².